The maximum absolute atomic E-state index is 10.8. The van der Waals surface area contributed by atoms with Crippen LogP contribution in [0.15, 0.2) is 12.1 Å². The van der Waals surface area contributed by atoms with E-state index >= 15 is 0 Å². The van der Waals surface area contributed by atoms with Crippen LogP contribution in [-0.2, 0) is 0 Å². The Hall–Kier alpha value is -1.13. The van der Waals surface area contributed by atoms with Gasteiger partial charge in [0, 0.05) is 0 Å². The molecule has 0 saturated heterocycles. The average Bonchev–Trinajstić information content (AvgIpc) is 2.08. The Morgan fingerprint density at radius 3 is 2.50 bits per heavy atom. The third-order valence-corrected chi connectivity index (χ3v) is 2.38. The zero-order valence-electron chi connectivity index (χ0n) is 7.08. The number of carbonyl (C=O) groups excluding carboxylic acids is 1. The molecule has 0 aliphatic rings. The van der Waals surface area contributed by atoms with Gasteiger partial charge in [-0.1, -0.05) is 17.7 Å². The number of aryl methyl sites for hydroxylation is 1. The molecule has 0 aliphatic carbocycles. The largest absolute Gasteiger partial charge is 0.300 e. The maximum atomic E-state index is 10.8. The van der Waals surface area contributed by atoms with Crippen molar-refractivity contribution in [2.45, 2.75) is 6.92 Å². The summed E-state index contributed by atoms with van der Waals surface area (Å²) in [6.07, 6.45) is 0. The molecule has 0 bridgehead atoms. The second kappa shape index (κ2) is 3.94. The molecular formula is C8H5Cl2NO3. The van der Waals surface area contributed by atoms with E-state index < -0.39 is 15.9 Å². The average molecular weight is 234 g/mol. The van der Waals surface area contributed by atoms with E-state index in [9.17, 15) is 14.9 Å². The summed E-state index contributed by atoms with van der Waals surface area (Å²) in [4.78, 5) is 20.7. The van der Waals surface area contributed by atoms with Crippen LogP contribution in [0.5, 0.6) is 0 Å². The van der Waals surface area contributed by atoms with Gasteiger partial charge in [-0.05, 0) is 30.2 Å². The summed E-state index contributed by atoms with van der Waals surface area (Å²) in [5.41, 5.74) is -0.0982. The van der Waals surface area contributed by atoms with Crippen molar-refractivity contribution in [3.8, 4) is 0 Å². The molecule has 1 aromatic carbocycles. The lowest BCUT2D eigenvalue weighted by molar-refractivity contribution is -0.385. The molecule has 1 rings (SSSR count). The van der Waals surface area contributed by atoms with Gasteiger partial charge in [-0.2, -0.15) is 0 Å². The summed E-state index contributed by atoms with van der Waals surface area (Å²) >= 11 is 10.9. The molecule has 0 spiro atoms. The molecular weight excluding hydrogens is 229 g/mol. The monoisotopic (exact) mass is 233 g/mol. The van der Waals surface area contributed by atoms with Gasteiger partial charge in [0.25, 0.3) is 10.9 Å². The van der Waals surface area contributed by atoms with Gasteiger partial charge in [0.05, 0.1) is 4.92 Å². The second-order valence-electron chi connectivity index (χ2n) is 2.62. The zero-order valence-corrected chi connectivity index (χ0v) is 8.59. The highest BCUT2D eigenvalue weighted by Gasteiger charge is 2.23. The normalized spacial score (nSPS) is 9.93. The first-order valence-corrected chi connectivity index (χ1v) is 4.34. The van der Waals surface area contributed by atoms with Crippen LogP contribution in [0.4, 0.5) is 5.69 Å². The lowest BCUT2D eigenvalue weighted by Crippen LogP contribution is -2.00. The molecule has 0 unspecified atom stereocenters. The van der Waals surface area contributed by atoms with E-state index in [0.717, 1.165) is 0 Å². The number of hydrogen-bond donors (Lipinski definition) is 0. The Morgan fingerprint density at radius 2 is 2.07 bits per heavy atom. The first-order valence-electron chi connectivity index (χ1n) is 3.58. The van der Waals surface area contributed by atoms with E-state index in [1.54, 1.807) is 6.92 Å². The van der Waals surface area contributed by atoms with Crippen molar-refractivity contribution >= 4 is 34.1 Å². The first kappa shape index (κ1) is 10.9. The van der Waals surface area contributed by atoms with Crippen LogP contribution in [0.3, 0.4) is 0 Å². The quantitative estimate of drug-likeness (QED) is 0.449. The minimum absolute atomic E-state index is 0.0542. The predicted molar refractivity (Wildman–Crippen MR) is 53.0 cm³/mol. The van der Waals surface area contributed by atoms with Crippen LogP contribution < -0.4 is 0 Å². The highest BCUT2D eigenvalue weighted by molar-refractivity contribution is 6.68. The smallest absolute Gasteiger partial charge is 0.275 e. The summed E-state index contributed by atoms with van der Waals surface area (Å²) in [5.74, 6) is 0. The molecule has 0 N–H and O–H groups in total. The van der Waals surface area contributed by atoms with Gasteiger partial charge in [0.2, 0.25) is 0 Å². The summed E-state index contributed by atoms with van der Waals surface area (Å²) in [7, 11) is 0. The van der Waals surface area contributed by atoms with Crippen LogP contribution in [-0.4, -0.2) is 10.2 Å². The fourth-order valence-corrected chi connectivity index (χ4v) is 1.39. The second-order valence-corrected chi connectivity index (χ2v) is 3.34. The maximum Gasteiger partial charge on any atom is 0.300 e. The molecule has 4 nitrogen and oxygen atoms in total. The zero-order chi connectivity index (χ0) is 10.9. The van der Waals surface area contributed by atoms with Gasteiger partial charge in [-0.15, -0.1) is 0 Å². The Bertz CT molecular complexity index is 417. The summed E-state index contributed by atoms with van der Waals surface area (Å²) in [5, 5.41) is 9.67. The van der Waals surface area contributed by atoms with Gasteiger partial charge in [0.1, 0.15) is 10.6 Å². The lowest BCUT2D eigenvalue weighted by atomic mass is 10.1. The van der Waals surface area contributed by atoms with Gasteiger partial charge in [0.15, 0.2) is 0 Å². The molecule has 0 atom stereocenters. The fraction of sp³-hybridized carbons (Fsp3) is 0.125. The number of carbonyl (C=O) groups is 1. The number of halogens is 2. The number of benzene rings is 1. The van der Waals surface area contributed by atoms with Gasteiger partial charge < -0.3 is 0 Å². The lowest BCUT2D eigenvalue weighted by Gasteiger charge is -2.02. The highest BCUT2D eigenvalue weighted by atomic mass is 35.5. The van der Waals surface area contributed by atoms with Gasteiger partial charge in [-0.3, -0.25) is 14.9 Å². The van der Waals surface area contributed by atoms with E-state index in [-0.39, 0.29) is 10.6 Å². The van der Waals surface area contributed by atoms with Crippen molar-refractivity contribution in [2.24, 2.45) is 0 Å². The van der Waals surface area contributed by atoms with E-state index in [1.165, 1.54) is 12.1 Å². The summed E-state index contributed by atoms with van der Waals surface area (Å²) in [6, 6.07) is 2.79. The van der Waals surface area contributed by atoms with E-state index in [0.29, 0.717) is 5.56 Å². The van der Waals surface area contributed by atoms with Crippen LogP contribution in [0.1, 0.15) is 15.9 Å². The highest BCUT2D eigenvalue weighted by Crippen LogP contribution is 2.32. The standard InChI is InChI=1S/C8H5Cl2NO3/c1-4-2-3-5(8(10)12)7(6(4)9)11(13)14/h2-3H,1H3. The molecule has 0 aliphatic heterocycles. The van der Waals surface area contributed by atoms with Crippen LogP contribution in [0, 0.1) is 17.0 Å². The van der Waals surface area contributed by atoms with Crippen LogP contribution >= 0.6 is 23.2 Å². The van der Waals surface area contributed by atoms with Crippen LogP contribution in [0.2, 0.25) is 5.02 Å². The van der Waals surface area contributed by atoms with E-state index in [4.69, 9.17) is 23.2 Å². The third-order valence-electron chi connectivity index (χ3n) is 1.70. The number of nitro benzene ring substituents is 1. The van der Waals surface area contributed by atoms with Crippen molar-refractivity contribution in [2.75, 3.05) is 0 Å². The molecule has 0 saturated carbocycles. The van der Waals surface area contributed by atoms with Crippen molar-refractivity contribution < 1.29 is 9.72 Å². The summed E-state index contributed by atoms with van der Waals surface area (Å²) < 4.78 is 0. The minimum atomic E-state index is -0.890. The summed E-state index contributed by atoms with van der Waals surface area (Å²) in [6.45, 7) is 1.61. The molecule has 0 heterocycles. The topological polar surface area (TPSA) is 60.2 Å². The molecule has 1 aromatic rings. The van der Waals surface area contributed by atoms with Crippen molar-refractivity contribution in [1.29, 1.82) is 0 Å². The Balaban J connectivity index is 3.53. The van der Waals surface area contributed by atoms with Crippen molar-refractivity contribution in [3.05, 3.63) is 38.4 Å². The van der Waals surface area contributed by atoms with Crippen molar-refractivity contribution in [1.82, 2.24) is 0 Å². The molecule has 0 radical (unpaired) electrons. The minimum Gasteiger partial charge on any atom is -0.275 e. The van der Waals surface area contributed by atoms with Crippen molar-refractivity contribution in [3.63, 3.8) is 0 Å². The van der Waals surface area contributed by atoms with E-state index in [1.807, 2.05) is 0 Å². The number of hydrogen-bond acceptors (Lipinski definition) is 3. The predicted octanol–water partition coefficient (Wildman–Crippen LogP) is 2.94. The molecule has 6 heteroatoms. The van der Waals surface area contributed by atoms with Gasteiger partial charge >= 0.3 is 0 Å². The first-order chi connectivity index (χ1) is 6.45. The fourth-order valence-electron chi connectivity index (χ4n) is 1.00. The van der Waals surface area contributed by atoms with E-state index in [2.05, 4.69) is 0 Å². The number of nitro groups is 1. The Morgan fingerprint density at radius 1 is 1.50 bits per heavy atom. The molecule has 0 amide bonds. The van der Waals surface area contributed by atoms with Gasteiger partial charge in [-0.25, -0.2) is 0 Å². The third kappa shape index (κ3) is 1.86. The Kier molecular flexibility index (Phi) is 3.08. The Labute approximate surface area is 89.6 Å². The molecule has 74 valence electrons. The SMILES string of the molecule is Cc1ccc(C(=O)Cl)c([N+](=O)[O-])c1Cl. The molecule has 0 fully saturated rings. The number of rotatable bonds is 2. The molecule has 14 heavy (non-hydrogen) atoms. The van der Waals surface area contributed by atoms with Crippen LogP contribution in [0.25, 0.3) is 0 Å². The molecule has 0 aromatic heterocycles. The number of nitrogens with zero attached hydrogens (tertiary/aromatic N) is 1.